The molecular formula is C20H21NO. The second-order valence-electron chi connectivity index (χ2n) is 5.82. The monoisotopic (exact) mass is 291 g/mol. The fourth-order valence-corrected chi connectivity index (χ4v) is 2.67. The highest BCUT2D eigenvalue weighted by Crippen LogP contribution is 2.26. The molecule has 0 bridgehead atoms. The van der Waals surface area contributed by atoms with Crippen LogP contribution in [0.5, 0.6) is 5.75 Å². The van der Waals surface area contributed by atoms with E-state index in [0.29, 0.717) is 6.61 Å². The van der Waals surface area contributed by atoms with Gasteiger partial charge in [0.15, 0.2) is 0 Å². The van der Waals surface area contributed by atoms with Crippen molar-refractivity contribution in [1.29, 1.82) is 0 Å². The van der Waals surface area contributed by atoms with Crippen LogP contribution in [0.25, 0.3) is 10.8 Å². The Morgan fingerprint density at radius 3 is 2.41 bits per heavy atom. The van der Waals surface area contributed by atoms with Crippen LogP contribution in [0.1, 0.15) is 11.1 Å². The van der Waals surface area contributed by atoms with Crippen LogP contribution in [0.3, 0.4) is 0 Å². The molecule has 0 unspecified atom stereocenters. The average Bonchev–Trinajstić information content (AvgIpc) is 2.52. The van der Waals surface area contributed by atoms with Gasteiger partial charge in [-0.1, -0.05) is 60.7 Å². The number of ether oxygens (including phenoxy) is 1. The predicted molar refractivity (Wildman–Crippen MR) is 92.1 cm³/mol. The van der Waals surface area contributed by atoms with Crippen LogP contribution in [-0.4, -0.2) is 19.0 Å². The Morgan fingerprint density at radius 1 is 0.818 bits per heavy atom. The largest absolute Gasteiger partial charge is 0.488 e. The molecule has 3 rings (SSSR count). The first-order valence-corrected chi connectivity index (χ1v) is 7.55. The van der Waals surface area contributed by atoms with Crippen LogP contribution in [0, 0.1) is 0 Å². The van der Waals surface area contributed by atoms with Crippen LogP contribution in [0.4, 0.5) is 0 Å². The van der Waals surface area contributed by atoms with Crippen molar-refractivity contribution in [1.82, 2.24) is 4.90 Å². The van der Waals surface area contributed by atoms with Gasteiger partial charge in [0, 0.05) is 11.9 Å². The van der Waals surface area contributed by atoms with Gasteiger partial charge < -0.3 is 9.64 Å². The van der Waals surface area contributed by atoms with E-state index in [1.54, 1.807) is 0 Å². The molecule has 0 N–H and O–H groups in total. The lowest BCUT2D eigenvalue weighted by atomic mass is 10.1. The number of hydrogen-bond donors (Lipinski definition) is 0. The first-order chi connectivity index (χ1) is 10.7. The average molecular weight is 291 g/mol. The molecule has 0 saturated carbocycles. The van der Waals surface area contributed by atoms with Crippen LogP contribution in [-0.2, 0) is 13.2 Å². The SMILES string of the molecule is CN(C)Cc1cccc(COc2cccc3ccccc23)c1. The highest BCUT2D eigenvalue weighted by atomic mass is 16.5. The second-order valence-corrected chi connectivity index (χ2v) is 5.82. The molecule has 0 aromatic heterocycles. The summed E-state index contributed by atoms with van der Waals surface area (Å²) in [5, 5.41) is 2.37. The van der Waals surface area contributed by atoms with E-state index in [-0.39, 0.29) is 0 Å². The molecule has 0 spiro atoms. The van der Waals surface area contributed by atoms with Gasteiger partial charge in [0.2, 0.25) is 0 Å². The van der Waals surface area contributed by atoms with Crippen molar-refractivity contribution in [3.8, 4) is 5.75 Å². The summed E-state index contributed by atoms with van der Waals surface area (Å²) < 4.78 is 6.05. The summed E-state index contributed by atoms with van der Waals surface area (Å²) in [5.41, 5.74) is 2.51. The normalized spacial score (nSPS) is 11.0. The molecule has 0 radical (unpaired) electrons. The van der Waals surface area contributed by atoms with Gasteiger partial charge in [-0.2, -0.15) is 0 Å². The number of benzene rings is 3. The van der Waals surface area contributed by atoms with Gasteiger partial charge in [-0.05, 0) is 36.7 Å². The Balaban J connectivity index is 1.77. The van der Waals surface area contributed by atoms with Gasteiger partial charge in [-0.3, -0.25) is 0 Å². The van der Waals surface area contributed by atoms with Crippen molar-refractivity contribution in [2.75, 3.05) is 14.1 Å². The van der Waals surface area contributed by atoms with Crippen molar-refractivity contribution < 1.29 is 4.74 Å². The number of nitrogens with zero attached hydrogens (tertiary/aromatic N) is 1. The highest BCUT2D eigenvalue weighted by molar-refractivity contribution is 5.88. The lowest BCUT2D eigenvalue weighted by Crippen LogP contribution is -2.10. The molecular weight excluding hydrogens is 270 g/mol. The molecule has 0 aliphatic rings. The molecule has 22 heavy (non-hydrogen) atoms. The minimum atomic E-state index is 0.593. The van der Waals surface area contributed by atoms with E-state index in [1.807, 2.05) is 18.2 Å². The molecule has 0 amide bonds. The van der Waals surface area contributed by atoms with Crippen LogP contribution in [0.2, 0.25) is 0 Å². The number of fused-ring (bicyclic) bond motifs is 1. The third kappa shape index (κ3) is 3.46. The Bertz CT molecular complexity index is 759. The fourth-order valence-electron chi connectivity index (χ4n) is 2.67. The summed E-state index contributed by atoms with van der Waals surface area (Å²) in [6.07, 6.45) is 0. The van der Waals surface area contributed by atoms with E-state index in [9.17, 15) is 0 Å². The molecule has 0 saturated heterocycles. The smallest absolute Gasteiger partial charge is 0.127 e. The number of hydrogen-bond acceptors (Lipinski definition) is 2. The second kappa shape index (κ2) is 6.63. The number of rotatable bonds is 5. The lowest BCUT2D eigenvalue weighted by Gasteiger charge is -2.12. The maximum Gasteiger partial charge on any atom is 0.127 e. The zero-order valence-corrected chi connectivity index (χ0v) is 13.1. The molecule has 2 nitrogen and oxygen atoms in total. The van der Waals surface area contributed by atoms with Gasteiger partial charge in [-0.15, -0.1) is 0 Å². The molecule has 0 aliphatic carbocycles. The van der Waals surface area contributed by atoms with Crippen LogP contribution in [0.15, 0.2) is 66.7 Å². The maximum absolute atomic E-state index is 6.05. The summed E-state index contributed by atoms with van der Waals surface area (Å²) in [6, 6.07) is 23.1. The van der Waals surface area contributed by atoms with Gasteiger partial charge in [0.1, 0.15) is 12.4 Å². The molecule has 112 valence electrons. The summed E-state index contributed by atoms with van der Waals surface area (Å²) in [6.45, 7) is 1.54. The van der Waals surface area contributed by atoms with E-state index in [0.717, 1.165) is 17.7 Å². The van der Waals surface area contributed by atoms with Gasteiger partial charge in [-0.25, -0.2) is 0 Å². The third-order valence-electron chi connectivity index (χ3n) is 3.63. The fraction of sp³-hybridized carbons (Fsp3) is 0.200. The maximum atomic E-state index is 6.05. The Morgan fingerprint density at radius 2 is 1.55 bits per heavy atom. The van der Waals surface area contributed by atoms with E-state index in [4.69, 9.17) is 4.74 Å². The Labute approximate surface area is 132 Å². The van der Waals surface area contributed by atoms with Gasteiger partial charge in [0.25, 0.3) is 0 Å². The quantitative estimate of drug-likeness (QED) is 0.687. The zero-order chi connectivity index (χ0) is 15.4. The van der Waals surface area contributed by atoms with E-state index < -0.39 is 0 Å². The Hall–Kier alpha value is -2.32. The standard InChI is InChI=1S/C20H21NO/c1-21(2)14-16-7-5-8-17(13-16)15-22-20-12-6-10-18-9-3-4-11-19(18)20/h3-13H,14-15H2,1-2H3. The molecule has 0 aliphatic heterocycles. The lowest BCUT2D eigenvalue weighted by molar-refractivity contribution is 0.309. The summed E-state index contributed by atoms with van der Waals surface area (Å²) in [4.78, 5) is 2.17. The van der Waals surface area contributed by atoms with Gasteiger partial charge in [0.05, 0.1) is 0 Å². The zero-order valence-electron chi connectivity index (χ0n) is 13.1. The van der Waals surface area contributed by atoms with Crippen molar-refractivity contribution in [3.05, 3.63) is 77.9 Å². The minimum Gasteiger partial charge on any atom is -0.488 e. The predicted octanol–water partition coefficient (Wildman–Crippen LogP) is 4.48. The molecule has 3 aromatic carbocycles. The molecule has 3 aromatic rings. The summed E-state index contributed by atoms with van der Waals surface area (Å²) >= 11 is 0. The molecule has 0 atom stereocenters. The summed E-state index contributed by atoms with van der Waals surface area (Å²) in [7, 11) is 4.17. The van der Waals surface area contributed by atoms with E-state index >= 15 is 0 Å². The first-order valence-electron chi connectivity index (χ1n) is 7.55. The van der Waals surface area contributed by atoms with Crippen LogP contribution >= 0.6 is 0 Å². The van der Waals surface area contributed by atoms with Crippen molar-refractivity contribution in [2.24, 2.45) is 0 Å². The molecule has 2 heteroatoms. The molecule has 0 fully saturated rings. The minimum absolute atomic E-state index is 0.593. The van der Waals surface area contributed by atoms with Crippen molar-refractivity contribution in [3.63, 3.8) is 0 Å². The third-order valence-corrected chi connectivity index (χ3v) is 3.63. The van der Waals surface area contributed by atoms with E-state index in [2.05, 4.69) is 67.5 Å². The topological polar surface area (TPSA) is 12.5 Å². The van der Waals surface area contributed by atoms with E-state index in [1.165, 1.54) is 16.5 Å². The van der Waals surface area contributed by atoms with Crippen molar-refractivity contribution >= 4 is 10.8 Å². The van der Waals surface area contributed by atoms with Crippen molar-refractivity contribution in [2.45, 2.75) is 13.2 Å². The Kier molecular flexibility index (Phi) is 4.40. The highest BCUT2D eigenvalue weighted by Gasteiger charge is 2.03. The first kappa shape index (κ1) is 14.6. The van der Waals surface area contributed by atoms with Gasteiger partial charge >= 0.3 is 0 Å². The molecule has 0 heterocycles. The summed E-state index contributed by atoms with van der Waals surface area (Å²) in [5.74, 6) is 0.941. The van der Waals surface area contributed by atoms with Crippen LogP contribution < -0.4 is 4.74 Å².